The quantitative estimate of drug-likeness (QED) is 0.174. The van der Waals surface area contributed by atoms with E-state index in [4.69, 9.17) is 0 Å². The van der Waals surface area contributed by atoms with Crippen LogP contribution in [0.5, 0.6) is 0 Å². The molecule has 2 aromatic carbocycles. The van der Waals surface area contributed by atoms with E-state index >= 15 is 0 Å². The SMILES string of the molecule is N#CC(C#N)=c1ccn2c(-c3ccc(C(F)(F)F)cc3C(F)(F)F)c3c(=C(C#N)C#N)ccn3c(-c3ccc(C(F)(F)F)cc3C(F)(F)F)c12. The van der Waals surface area contributed by atoms with Gasteiger partial charge in [-0.25, -0.2) is 0 Å². The number of benzene rings is 2. The maximum absolute atomic E-state index is 14.5. The molecular formula is C32H10F12N6. The first-order valence-electron chi connectivity index (χ1n) is 13.3. The third kappa shape index (κ3) is 5.71. The third-order valence-corrected chi connectivity index (χ3v) is 7.50. The van der Waals surface area contributed by atoms with E-state index in [1.807, 2.05) is 0 Å². The molecule has 0 bridgehead atoms. The van der Waals surface area contributed by atoms with Crippen molar-refractivity contribution >= 4 is 22.2 Å². The molecule has 5 rings (SSSR count). The molecule has 0 aliphatic heterocycles. The second-order valence-electron chi connectivity index (χ2n) is 10.3. The monoisotopic (exact) mass is 706 g/mol. The van der Waals surface area contributed by atoms with Crippen LogP contribution in [-0.4, -0.2) is 8.80 Å². The van der Waals surface area contributed by atoms with Crippen LogP contribution < -0.4 is 10.4 Å². The first kappa shape index (κ1) is 34.9. The van der Waals surface area contributed by atoms with Gasteiger partial charge in [0.15, 0.2) is 0 Å². The van der Waals surface area contributed by atoms with Gasteiger partial charge in [-0.1, -0.05) is 12.1 Å². The van der Waals surface area contributed by atoms with Crippen molar-refractivity contribution in [2.24, 2.45) is 0 Å². The number of nitriles is 4. The van der Waals surface area contributed by atoms with E-state index in [0.29, 0.717) is 20.9 Å². The van der Waals surface area contributed by atoms with Gasteiger partial charge in [0.2, 0.25) is 0 Å². The van der Waals surface area contributed by atoms with Crippen molar-refractivity contribution < 1.29 is 52.7 Å². The van der Waals surface area contributed by atoms with Gasteiger partial charge in [0.25, 0.3) is 0 Å². The smallest absolute Gasteiger partial charge is 0.312 e. The lowest BCUT2D eigenvalue weighted by atomic mass is 9.96. The summed E-state index contributed by atoms with van der Waals surface area (Å²) in [5.41, 5.74) is -13.9. The molecule has 0 N–H and O–H groups in total. The highest BCUT2D eigenvalue weighted by Gasteiger charge is 2.41. The van der Waals surface area contributed by atoms with Crippen molar-refractivity contribution in [2.75, 3.05) is 0 Å². The summed E-state index contributed by atoms with van der Waals surface area (Å²) < 4.78 is 170. The zero-order valence-electron chi connectivity index (χ0n) is 24.0. The fourth-order valence-corrected chi connectivity index (χ4v) is 5.48. The van der Waals surface area contributed by atoms with Crippen molar-refractivity contribution in [3.63, 3.8) is 0 Å². The van der Waals surface area contributed by atoms with Gasteiger partial charge >= 0.3 is 24.7 Å². The molecule has 0 amide bonds. The molecule has 0 radical (unpaired) electrons. The summed E-state index contributed by atoms with van der Waals surface area (Å²) in [6.07, 6.45) is -19.9. The minimum Gasteiger partial charge on any atom is -0.312 e. The Kier molecular flexibility index (Phi) is 8.13. The maximum atomic E-state index is 14.5. The van der Waals surface area contributed by atoms with Crippen molar-refractivity contribution in [1.29, 1.82) is 21.0 Å². The number of aromatic nitrogens is 2. The van der Waals surface area contributed by atoms with E-state index in [1.165, 1.54) is 24.3 Å². The molecule has 0 saturated heterocycles. The van der Waals surface area contributed by atoms with E-state index in [-0.39, 0.29) is 24.3 Å². The maximum Gasteiger partial charge on any atom is 0.417 e. The molecule has 0 saturated carbocycles. The fraction of sp³-hybridized carbons (Fsp3) is 0.125. The number of rotatable bonds is 2. The van der Waals surface area contributed by atoms with Crippen molar-refractivity contribution in [2.45, 2.75) is 24.7 Å². The van der Waals surface area contributed by atoms with E-state index in [0.717, 1.165) is 24.5 Å². The molecule has 0 fully saturated rings. The molecule has 0 aliphatic carbocycles. The molecule has 0 spiro atoms. The highest BCUT2D eigenvalue weighted by molar-refractivity contribution is 5.95. The van der Waals surface area contributed by atoms with Crippen LogP contribution in [-0.2, 0) is 24.7 Å². The van der Waals surface area contributed by atoms with Crippen LogP contribution in [0, 0.1) is 45.3 Å². The summed E-state index contributed by atoms with van der Waals surface area (Å²) in [5, 5.41) is 37.6. The van der Waals surface area contributed by atoms with Crippen LogP contribution in [0.15, 0.2) is 60.9 Å². The lowest BCUT2D eigenvalue weighted by Crippen LogP contribution is -2.18. The van der Waals surface area contributed by atoms with Crippen LogP contribution >= 0.6 is 0 Å². The molecule has 252 valence electrons. The number of nitrogens with zero attached hydrogens (tertiary/aromatic N) is 6. The highest BCUT2D eigenvalue weighted by atomic mass is 19.4. The fourth-order valence-electron chi connectivity index (χ4n) is 5.48. The largest absolute Gasteiger partial charge is 0.417 e. The first-order chi connectivity index (χ1) is 23.2. The lowest BCUT2D eigenvalue weighted by molar-refractivity contribution is -0.144. The Labute approximate surface area is 270 Å². The van der Waals surface area contributed by atoms with Crippen LogP contribution in [0.1, 0.15) is 22.3 Å². The van der Waals surface area contributed by atoms with Crippen LogP contribution in [0.3, 0.4) is 0 Å². The number of hydrogen-bond donors (Lipinski definition) is 0. The van der Waals surface area contributed by atoms with Crippen molar-refractivity contribution in [3.05, 3.63) is 93.6 Å². The predicted octanol–water partition coefficient (Wildman–Crippen LogP) is 8.00. The van der Waals surface area contributed by atoms with Gasteiger partial charge in [-0.2, -0.15) is 73.7 Å². The Hall–Kier alpha value is -6.40. The van der Waals surface area contributed by atoms with E-state index < -0.39 is 102 Å². The Morgan fingerprint density at radius 1 is 0.460 bits per heavy atom. The predicted molar refractivity (Wildman–Crippen MR) is 148 cm³/mol. The Bertz CT molecular complexity index is 2320. The molecule has 6 nitrogen and oxygen atoms in total. The van der Waals surface area contributed by atoms with E-state index in [2.05, 4.69) is 0 Å². The number of halogens is 12. The van der Waals surface area contributed by atoms with Gasteiger partial charge in [0.05, 0.1) is 44.7 Å². The topological polar surface area (TPSA) is 104 Å². The van der Waals surface area contributed by atoms with Crippen LogP contribution in [0.25, 0.3) is 44.7 Å². The molecule has 18 heteroatoms. The molecule has 50 heavy (non-hydrogen) atoms. The Morgan fingerprint density at radius 2 is 0.780 bits per heavy atom. The minimum atomic E-state index is -5.54. The van der Waals surface area contributed by atoms with Gasteiger partial charge < -0.3 is 8.80 Å². The Morgan fingerprint density at radius 3 is 1.04 bits per heavy atom. The minimum absolute atomic E-state index is 0.239. The van der Waals surface area contributed by atoms with Gasteiger partial charge in [-0.15, -0.1) is 0 Å². The Balaban J connectivity index is 2.21. The van der Waals surface area contributed by atoms with Crippen molar-refractivity contribution in [1.82, 2.24) is 8.80 Å². The lowest BCUT2D eigenvalue weighted by Gasteiger charge is -2.22. The van der Waals surface area contributed by atoms with Gasteiger partial charge in [-0.3, -0.25) is 0 Å². The summed E-state index contributed by atoms with van der Waals surface area (Å²) in [6.45, 7) is 0. The van der Waals surface area contributed by atoms with E-state index in [1.54, 1.807) is 0 Å². The second kappa shape index (κ2) is 11.6. The average molecular weight is 706 g/mol. The molecule has 5 aromatic rings. The number of hydrogen-bond acceptors (Lipinski definition) is 4. The number of alkyl halides is 12. The molecule has 0 unspecified atom stereocenters. The summed E-state index contributed by atoms with van der Waals surface area (Å²) >= 11 is 0. The third-order valence-electron chi connectivity index (χ3n) is 7.50. The van der Waals surface area contributed by atoms with Crippen LogP contribution in [0.4, 0.5) is 52.7 Å². The first-order valence-corrected chi connectivity index (χ1v) is 13.3. The molecule has 0 aliphatic rings. The number of fused-ring (bicyclic) bond motifs is 2. The average Bonchev–Trinajstić information content (AvgIpc) is 3.64. The van der Waals surface area contributed by atoms with Gasteiger partial charge in [-0.05, 0) is 36.4 Å². The van der Waals surface area contributed by atoms with Crippen LogP contribution in [0.2, 0.25) is 0 Å². The van der Waals surface area contributed by atoms with E-state index in [9.17, 15) is 73.7 Å². The zero-order valence-corrected chi connectivity index (χ0v) is 24.0. The zero-order chi connectivity index (χ0) is 37.1. The summed E-state index contributed by atoms with van der Waals surface area (Å²) in [4.78, 5) is 0. The molecule has 0 atom stereocenters. The summed E-state index contributed by atoms with van der Waals surface area (Å²) in [6, 6.07) is 8.58. The molecule has 3 heterocycles. The standard InChI is InChI=1S/C32H10F12N6/c33-29(34,35)17-1-3-21(23(9-17)31(39,40)41)27-25-19(15(11-45)12-46)6-8-50(25)28(26-20(5-7-49(26)27)16(13-47)14-48)22-4-2-18(30(36,37)38)10-24(22)32(42,43)44/h1-10H. The van der Waals surface area contributed by atoms with Gasteiger partial charge in [0, 0.05) is 34.0 Å². The molecular weight excluding hydrogens is 696 g/mol. The van der Waals surface area contributed by atoms with Crippen molar-refractivity contribution in [3.8, 4) is 46.8 Å². The molecule has 3 aromatic heterocycles. The normalized spacial score (nSPS) is 12.3. The highest BCUT2D eigenvalue weighted by Crippen LogP contribution is 2.45. The van der Waals surface area contributed by atoms with Gasteiger partial charge in [0.1, 0.15) is 35.4 Å². The second-order valence-corrected chi connectivity index (χ2v) is 10.3. The summed E-state index contributed by atoms with van der Waals surface area (Å²) in [5.74, 6) is 0. The summed E-state index contributed by atoms with van der Waals surface area (Å²) in [7, 11) is 0.